The Bertz CT molecular complexity index is 450. The normalized spacial score (nSPS) is 10.8. The van der Waals surface area contributed by atoms with Crippen molar-refractivity contribution in [2.45, 2.75) is 13.3 Å². The molecule has 15 heavy (non-hydrogen) atoms. The van der Waals surface area contributed by atoms with Crippen molar-refractivity contribution in [3.05, 3.63) is 23.2 Å². The molecule has 0 atom stereocenters. The molecular weight excluding hydrogens is 206 g/mol. The van der Waals surface area contributed by atoms with Crippen molar-refractivity contribution in [2.24, 2.45) is 5.73 Å². The minimum Gasteiger partial charge on any atom is -0.385 e. The fraction of sp³-hybridized carbons (Fsp3) is 0.364. The second kappa shape index (κ2) is 4.59. The van der Waals surface area contributed by atoms with Crippen LogP contribution >= 0.6 is 11.3 Å². The fourth-order valence-electron chi connectivity index (χ4n) is 1.48. The van der Waals surface area contributed by atoms with Crippen LogP contribution in [0.25, 0.3) is 10.2 Å². The average molecular weight is 221 g/mol. The predicted octanol–water partition coefficient (Wildman–Crippen LogP) is 2.37. The summed E-state index contributed by atoms with van der Waals surface area (Å²) in [5.74, 6) is 0. The van der Waals surface area contributed by atoms with Gasteiger partial charge in [0.25, 0.3) is 0 Å². The summed E-state index contributed by atoms with van der Waals surface area (Å²) in [6.45, 7) is 3.70. The van der Waals surface area contributed by atoms with Crippen LogP contribution in [0.4, 0.5) is 5.69 Å². The van der Waals surface area contributed by atoms with Gasteiger partial charge in [0.15, 0.2) is 0 Å². The molecule has 0 fully saturated rings. The van der Waals surface area contributed by atoms with E-state index < -0.39 is 0 Å². The third-order valence-corrected chi connectivity index (χ3v) is 3.14. The Labute approximate surface area is 93.3 Å². The van der Waals surface area contributed by atoms with E-state index in [1.165, 1.54) is 4.70 Å². The molecule has 0 unspecified atom stereocenters. The van der Waals surface area contributed by atoms with E-state index in [2.05, 4.69) is 28.5 Å². The Morgan fingerprint density at radius 1 is 1.47 bits per heavy atom. The van der Waals surface area contributed by atoms with Crippen molar-refractivity contribution in [2.75, 3.05) is 18.4 Å². The third kappa shape index (κ3) is 2.46. The molecule has 0 aliphatic heterocycles. The Hall–Kier alpha value is -1.13. The van der Waals surface area contributed by atoms with E-state index in [1.54, 1.807) is 11.3 Å². The minimum atomic E-state index is 0.731. The number of nitrogens with one attached hydrogen (secondary N) is 1. The Kier molecular flexibility index (Phi) is 3.18. The van der Waals surface area contributed by atoms with Crippen LogP contribution in [0.1, 0.15) is 11.4 Å². The molecule has 1 heterocycles. The molecule has 80 valence electrons. The summed E-state index contributed by atoms with van der Waals surface area (Å²) in [6.07, 6.45) is 1.000. The molecule has 0 aliphatic carbocycles. The van der Waals surface area contributed by atoms with Gasteiger partial charge in [0.2, 0.25) is 0 Å². The second-order valence-electron chi connectivity index (χ2n) is 3.48. The number of hydrogen-bond donors (Lipinski definition) is 2. The molecule has 1 aromatic heterocycles. The number of aryl methyl sites for hydroxylation is 1. The van der Waals surface area contributed by atoms with E-state index in [0.717, 1.165) is 35.7 Å². The van der Waals surface area contributed by atoms with Gasteiger partial charge in [-0.25, -0.2) is 4.98 Å². The Balaban J connectivity index is 2.15. The summed E-state index contributed by atoms with van der Waals surface area (Å²) in [7, 11) is 0. The number of fused-ring (bicyclic) bond motifs is 1. The molecule has 0 saturated carbocycles. The first-order valence-corrected chi connectivity index (χ1v) is 5.92. The van der Waals surface area contributed by atoms with E-state index in [9.17, 15) is 0 Å². The minimum absolute atomic E-state index is 0.731. The molecule has 0 amide bonds. The molecular formula is C11H15N3S. The first kappa shape index (κ1) is 10.4. The van der Waals surface area contributed by atoms with Gasteiger partial charge >= 0.3 is 0 Å². The number of thiazole rings is 1. The summed E-state index contributed by atoms with van der Waals surface area (Å²) >= 11 is 1.73. The van der Waals surface area contributed by atoms with Gasteiger partial charge in [-0.1, -0.05) is 0 Å². The highest BCUT2D eigenvalue weighted by molar-refractivity contribution is 7.18. The maximum absolute atomic E-state index is 5.44. The number of benzene rings is 1. The van der Waals surface area contributed by atoms with Gasteiger partial charge < -0.3 is 11.1 Å². The van der Waals surface area contributed by atoms with Gasteiger partial charge in [0.05, 0.1) is 15.2 Å². The quantitative estimate of drug-likeness (QED) is 0.779. The molecule has 2 rings (SSSR count). The SMILES string of the molecule is Cc1nc2ccc(NCCCN)cc2s1. The molecule has 3 N–H and O–H groups in total. The smallest absolute Gasteiger partial charge is 0.0907 e. The van der Waals surface area contributed by atoms with Gasteiger partial charge in [-0.05, 0) is 38.1 Å². The molecule has 0 aliphatic rings. The summed E-state index contributed by atoms with van der Waals surface area (Å²) in [5, 5.41) is 4.46. The van der Waals surface area contributed by atoms with E-state index in [-0.39, 0.29) is 0 Å². The van der Waals surface area contributed by atoms with Crippen LogP contribution in [0.15, 0.2) is 18.2 Å². The van der Waals surface area contributed by atoms with Crippen LogP contribution in [0.5, 0.6) is 0 Å². The lowest BCUT2D eigenvalue weighted by Gasteiger charge is -2.04. The lowest BCUT2D eigenvalue weighted by atomic mass is 10.3. The zero-order valence-electron chi connectivity index (χ0n) is 8.79. The van der Waals surface area contributed by atoms with E-state index >= 15 is 0 Å². The topological polar surface area (TPSA) is 50.9 Å². The number of nitrogens with two attached hydrogens (primary N) is 1. The van der Waals surface area contributed by atoms with E-state index in [0.29, 0.717) is 0 Å². The first-order chi connectivity index (χ1) is 7.29. The van der Waals surface area contributed by atoms with Crippen LogP contribution < -0.4 is 11.1 Å². The van der Waals surface area contributed by atoms with Gasteiger partial charge in [-0.3, -0.25) is 0 Å². The predicted molar refractivity (Wildman–Crippen MR) is 66.5 cm³/mol. The van der Waals surface area contributed by atoms with Gasteiger partial charge in [-0.2, -0.15) is 0 Å². The number of hydrogen-bond acceptors (Lipinski definition) is 4. The van der Waals surface area contributed by atoms with E-state index in [4.69, 9.17) is 5.73 Å². The van der Waals surface area contributed by atoms with Gasteiger partial charge in [-0.15, -0.1) is 11.3 Å². The number of nitrogens with zero attached hydrogens (tertiary/aromatic N) is 1. The molecule has 0 saturated heterocycles. The maximum atomic E-state index is 5.44. The highest BCUT2D eigenvalue weighted by atomic mass is 32.1. The third-order valence-electron chi connectivity index (χ3n) is 2.21. The summed E-state index contributed by atoms with van der Waals surface area (Å²) < 4.78 is 1.24. The standard InChI is InChI=1S/C11H15N3S/c1-8-14-10-4-3-9(7-11(10)15-8)13-6-2-5-12/h3-4,7,13H,2,5-6,12H2,1H3. The summed E-state index contributed by atoms with van der Waals surface area (Å²) in [6, 6.07) is 6.28. The van der Waals surface area contributed by atoms with E-state index in [1.807, 2.05) is 6.92 Å². The van der Waals surface area contributed by atoms with Crippen molar-refractivity contribution in [3.8, 4) is 0 Å². The average Bonchev–Trinajstić information content (AvgIpc) is 2.57. The van der Waals surface area contributed by atoms with Crippen molar-refractivity contribution in [1.29, 1.82) is 0 Å². The molecule has 0 bridgehead atoms. The van der Waals surface area contributed by atoms with Crippen molar-refractivity contribution in [1.82, 2.24) is 4.98 Å². The lowest BCUT2D eigenvalue weighted by molar-refractivity contribution is 0.874. The second-order valence-corrected chi connectivity index (χ2v) is 4.72. The van der Waals surface area contributed by atoms with Crippen molar-refractivity contribution < 1.29 is 0 Å². The van der Waals surface area contributed by atoms with Gasteiger partial charge in [0.1, 0.15) is 0 Å². The monoisotopic (exact) mass is 221 g/mol. The zero-order valence-corrected chi connectivity index (χ0v) is 9.60. The van der Waals surface area contributed by atoms with Crippen molar-refractivity contribution in [3.63, 3.8) is 0 Å². The first-order valence-electron chi connectivity index (χ1n) is 5.11. The van der Waals surface area contributed by atoms with Crippen LogP contribution in [-0.2, 0) is 0 Å². The van der Waals surface area contributed by atoms with Crippen LogP contribution in [0.3, 0.4) is 0 Å². The van der Waals surface area contributed by atoms with Gasteiger partial charge in [0, 0.05) is 12.2 Å². The van der Waals surface area contributed by atoms with Crippen LogP contribution in [-0.4, -0.2) is 18.1 Å². The Morgan fingerprint density at radius 3 is 3.13 bits per heavy atom. The van der Waals surface area contributed by atoms with Crippen LogP contribution in [0, 0.1) is 6.92 Å². The van der Waals surface area contributed by atoms with Crippen molar-refractivity contribution >= 4 is 27.2 Å². The molecule has 1 aromatic carbocycles. The Morgan fingerprint density at radius 2 is 2.33 bits per heavy atom. The fourth-order valence-corrected chi connectivity index (χ4v) is 2.35. The highest BCUT2D eigenvalue weighted by Crippen LogP contribution is 2.24. The maximum Gasteiger partial charge on any atom is 0.0907 e. The molecule has 0 spiro atoms. The molecule has 0 radical (unpaired) electrons. The lowest BCUT2D eigenvalue weighted by Crippen LogP contribution is -2.08. The highest BCUT2D eigenvalue weighted by Gasteiger charge is 2.00. The number of anilines is 1. The molecule has 3 nitrogen and oxygen atoms in total. The number of aromatic nitrogens is 1. The zero-order chi connectivity index (χ0) is 10.7. The molecule has 4 heteroatoms. The summed E-state index contributed by atoms with van der Waals surface area (Å²) in [5.41, 5.74) is 7.68. The number of rotatable bonds is 4. The largest absolute Gasteiger partial charge is 0.385 e. The van der Waals surface area contributed by atoms with Crippen LogP contribution in [0.2, 0.25) is 0 Å². The summed E-state index contributed by atoms with van der Waals surface area (Å²) in [4.78, 5) is 4.42. The molecule has 2 aromatic rings.